The number of Topliss-reactive ketones (excluding diaryl/α,β-unsaturated/α-hetero) is 1. The van der Waals surface area contributed by atoms with Crippen LogP contribution in [-0.2, 0) is 25.6 Å². The molecule has 1 heterocycles. The molecule has 230 valence electrons. The van der Waals surface area contributed by atoms with E-state index in [0.29, 0.717) is 45.1 Å². The molecule has 2 radical (unpaired) electrons. The standard InChI is InChI=1S/C33H51BN4O4/c1-7-12-30(40)35-24-19-28(31(41)36-27-17-10-14-23-13-8-9-15-25(23)27)38(20-24)32(42)26(33(3,4)5)16-11-18-29(39)22(2)37(6)21-34/h8-9,13,15,22,24,26-28H,7,10-12,14,16-21H2,1-6H3,(H,35,40)(H,36,41)/t22-,24-,26+,27+,28-/m0/s1. The summed E-state index contributed by atoms with van der Waals surface area (Å²) in [4.78, 5) is 56.8. The first-order valence-corrected chi connectivity index (χ1v) is 15.8. The molecule has 1 aliphatic heterocycles. The lowest BCUT2D eigenvalue weighted by Gasteiger charge is -2.36. The van der Waals surface area contributed by atoms with Crippen LogP contribution >= 0.6 is 0 Å². The molecule has 8 nitrogen and oxygen atoms in total. The number of carbonyl (C=O) groups is 4. The topological polar surface area (TPSA) is 98.8 Å². The fraction of sp³-hybridized carbons (Fsp3) is 0.697. The fourth-order valence-electron chi connectivity index (χ4n) is 6.35. The van der Waals surface area contributed by atoms with Crippen molar-refractivity contribution >= 4 is 31.4 Å². The smallest absolute Gasteiger partial charge is 0.243 e. The molecule has 0 bridgehead atoms. The van der Waals surface area contributed by atoms with Gasteiger partial charge in [0.15, 0.2) is 0 Å². The van der Waals surface area contributed by atoms with Crippen molar-refractivity contribution in [3.05, 3.63) is 35.4 Å². The summed E-state index contributed by atoms with van der Waals surface area (Å²) >= 11 is 0. The largest absolute Gasteiger partial charge is 0.351 e. The van der Waals surface area contributed by atoms with Crippen LogP contribution in [0.2, 0.25) is 0 Å². The van der Waals surface area contributed by atoms with Crippen molar-refractivity contribution in [3.8, 4) is 0 Å². The third-order valence-corrected chi connectivity index (χ3v) is 9.09. The lowest BCUT2D eigenvalue weighted by Crippen LogP contribution is -2.50. The van der Waals surface area contributed by atoms with Crippen molar-refractivity contribution < 1.29 is 19.2 Å². The van der Waals surface area contributed by atoms with E-state index in [1.165, 1.54) is 5.56 Å². The average Bonchev–Trinajstić information content (AvgIpc) is 3.37. The van der Waals surface area contributed by atoms with Gasteiger partial charge < -0.3 is 20.4 Å². The fourth-order valence-corrected chi connectivity index (χ4v) is 6.35. The molecule has 0 aromatic heterocycles. The molecule has 5 atom stereocenters. The Morgan fingerprint density at radius 2 is 1.83 bits per heavy atom. The molecular weight excluding hydrogens is 527 g/mol. The molecule has 1 saturated heterocycles. The van der Waals surface area contributed by atoms with Gasteiger partial charge in [-0.15, -0.1) is 0 Å². The van der Waals surface area contributed by atoms with Crippen LogP contribution in [-0.4, -0.2) is 79.3 Å². The summed E-state index contributed by atoms with van der Waals surface area (Å²) in [7, 11) is 7.52. The molecular formula is C33H51BN4O4. The average molecular weight is 579 g/mol. The van der Waals surface area contributed by atoms with Crippen LogP contribution in [0.3, 0.4) is 0 Å². The van der Waals surface area contributed by atoms with Crippen LogP contribution in [0.4, 0.5) is 0 Å². The number of likely N-dealkylation sites (tertiary alicyclic amines) is 1. The number of ketones is 1. The Hall–Kier alpha value is -2.68. The first-order chi connectivity index (χ1) is 19.9. The first kappa shape index (κ1) is 33.8. The van der Waals surface area contributed by atoms with E-state index in [-0.39, 0.29) is 53.0 Å². The van der Waals surface area contributed by atoms with Crippen molar-refractivity contribution in [3.63, 3.8) is 0 Å². The Morgan fingerprint density at radius 3 is 2.50 bits per heavy atom. The second-order valence-electron chi connectivity index (χ2n) is 13.3. The van der Waals surface area contributed by atoms with Gasteiger partial charge in [0.2, 0.25) is 17.7 Å². The zero-order valence-electron chi connectivity index (χ0n) is 26.6. The van der Waals surface area contributed by atoms with Gasteiger partial charge >= 0.3 is 0 Å². The maximum atomic E-state index is 14.2. The van der Waals surface area contributed by atoms with Crippen molar-refractivity contribution in [2.75, 3.05) is 20.0 Å². The molecule has 0 unspecified atom stereocenters. The molecule has 1 aliphatic carbocycles. The zero-order chi connectivity index (χ0) is 31.0. The molecule has 1 fully saturated rings. The van der Waals surface area contributed by atoms with Gasteiger partial charge in [0.05, 0.1) is 19.9 Å². The van der Waals surface area contributed by atoms with Crippen molar-refractivity contribution in [1.82, 2.24) is 20.4 Å². The van der Waals surface area contributed by atoms with Gasteiger partial charge in [0.25, 0.3) is 0 Å². The third kappa shape index (κ3) is 8.68. The maximum absolute atomic E-state index is 14.2. The van der Waals surface area contributed by atoms with Crippen LogP contribution in [0.25, 0.3) is 0 Å². The van der Waals surface area contributed by atoms with Gasteiger partial charge in [-0.25, -0.2) is 0 Å². The van der Waals surface area contributed by atoms with Crippen LogP contribution in [0.1, 0.15) is 103 Å². The highest BCUT2D eigenvalue weighted by Crippen LogP contribution is 2.35. The molecule has 3 rings (SSSR count). The van der Waals surface area contributed by atoms with E-state index in [1.54, 1.807) is 9.80 Å². The van der Waals surface area contributed by atoms with E-state index in [0.717, 1.165) is 31.2 Å². The number of hydrogen-bond donors (Lipinski definition) is 2. The number of amides is 3. The number of nitrogens with zero attached hydrogens (tertiary/aromatic N) is 2. The molecule has 0 saturated carbocycles. The summed E-state index contributed by atoms with van der Waals surface area (Å²) < 4.78 is 0. The van der Waals surface area contributed by atoms with Crippen molar-refractivity contribution in [2.24, 2.45) is 11.3 Å². The number of carbonyl (C=O) groups excluding carboxylic acids is 4. The lowest BCUT2D eigenvalue weighted by atomic mass is 9.76. The predicted octanol–water partition coefficient (Wildman–Crippen LogP) is 3.91. The Morgan fingerprint density at radius 1 is 1.12 bits per heavy atom. The minimum atomic E-state index is -0.664. The number of hydrogen-bond acceptors (Lipinski definition) is 5. The quantitative estimate of drug-likeness (QED) is 0.346. The van der Waals surface area contributed by atoms with Gasteiger partial charge in [0.1, 0.15) is 11.8 Å². The number of fused-ring (bicyclic) bond motifs is 1. The van der Waals surface area contributed by atoms with E-state index >= 15 is 0 Å². The molecule has 1 aromatic rings. The number of benzene rings is 1. The van der Waals surface area contributed by atoms with Crippen LogP contribution < -0.4 is 10.6 Å². The summed E-state index contributed by atoms with van der Waals surface area (Å²) in [5, 5.41) is 6.32. The highest BCUT2D eigenvalue weighted by molar-refractivity contribution is 6.09. The Balaban J connectivity index is 1.78. The Bertz CT molecular complexity index is 1100. The number of rotatable bonds is 13. The normalized spacial score (nSPS) is 21.9. The summed E-state index contributed by atoms with van der Waals surface area (Å²) in [5.41, 5.74) is 2.03. The van der Waals surface area contributed by atoms with Crippen molar-refractivity contribution in [1.29, 1.82) is 0 Å². The van der Waals surface area contributed by atoms with Gasteiger partial charge in [-0.1, -0.05) is 52.0 Å². The summed E-state index contributed by atoms with van der Waals surface area (Å²) in [6.45, 7) is 10.2. The highest BCUT2D eigenvalue weighted by atomic mass is 16.2. The van der Waals surface area contributed by atoms with Crippen LogP contribution in [0.15, 0.2) is 24.3 Å². The van der Waals surface area contributed by atoms with E-state index in [2.05, 4.69) is 22.8 Å². The molecule has 42 heavy (non-hydrogen) atoms. The van der Waals surface area contributed by atoms with Gasteiger partial charge in [-0.05, 0) is 81.9 Å². The SMILES string of the molecule is [B]CN(C)[C@@H](C)C(=O)CCC[C@H](C(=O)N1C[C@@H](NC(=O)CCC)C[C@H]1C(=O)N[C@@H]1CCCc2ccccc21)C(C)(C)C. The van der Waals surface area contributed by atoms with E-state index in [1.807, 2.05) is 53.8 Å². The summed E-state index contributed by atoms with van der Waals surface area (Å²) in [6.07, 6.45) is 6.18. The van der Waals surface area contributed by atoms with E-state index in [4.69, 9.17) is 7.85 Å². The molecule has 3 amide bonds. The number of nitrogens with one attached hydrogen (secondary N) is 2. The monoisotopic (exact) mass is 578 g/mol. The van der Waals surface area contributed by atoms with Crippen LogP contribution in [0, 0.1) is 11.3 Å². The van der Waals surface area contributed by atoms with Gasteiger partial charge in [-0.2, -0.15) is 0 Å². The second-order valence-corrected chi connectivity index (χ2v) is 13.3. The minimum absolute atomic E-state index is 0.0559. The predicted molar refractivity (Wildman–Crippen MR) is 167 cm³/mol. The molecule has 2 N–H and O–H groups in total. The maximum Gasteiger partial charge on any atom is 0.243 e. The van der Waals surface area contributed by atoms with Crippen molar-refractivity contribution in [2.45, 2.75) is 117 Å². The van der Waals surface area contributed by atoms with Crippen LogP contribution in [0.5, 0.6) is 0 Å². The van der Waals surface area contributed by atoms with E-state index < -0.39 is 6.04 Å². The van der Waals surface area contributed by atoms with Gasteiger partial charge in [0, 0.05) is 31.3 Å². The Kier molecular flexibility index (Phi) is 12.2. The molecule has 1 aromatic carbocycles. The van der Waals surface area contributed by atoms with Gasteiger partial charge in [-0.3, -0.25) is 19.2 Å². The minimum Gasteiger partial charge on any atom is -0.351 e. The molecule has 2 aliphatic rings. The lowest BCUT2D eigenvalue weighted by molar-refractivity contribution is -0.145. The third-order valence-electron chi connectivity index (χ3n) is 9.09. The first-order valence-electron chi connectivity index (χ1n) is 15.8. The molecule has 9 heteroatoms. The summed E-state index contributed by atoms with van der Waals surface area (Å²) in [5.74, 6) is -0.575. The van der Waals surface area contributed by atoms with E-state index in [9.17, 15) is 19.2 Å². The highest BCUT2D eigenvalue weighted by Gasteiger charge is 2.45. The second kappa shape index (κ2) is 15.2. The molecule has 0 spiro atoms. The number of aryl methyl sites for hydroxylation is 1. The number of likely N-dealkylation sites (N-methyl/N-ethyl adjacent to an activating group) is 1. The Labute approximate surface area is 254 Å². The summed E-state index contributed by atoms with van der Waals surface area (Å²) in [6, 6.07) is 6.91. The zero-order valence-corrected chi connectivity index (χ0v) is 26.6.